The van der Waals surface area contributed by atoms with Crippen molar-refractivity contribution in [3.05, 3.63) is 527 Å². The summed E-state index contributed by atoms with van der Waals surface area (Å²) in [7, 11) is 0. The third-order valence-electron chi connectivity index (χ3n) is 23.2. The van der Waals surface area contributed by atoms with Gasteiger partial charge in [0.05, 0.1) is 0 Å². The van der Waals surface area contributed by atoms with Gasteiger partial charge in [0, 0.05) is 92.0 Å². The number of aromatic nitrogens is 12. The molecule has 15 heteroatoms. The van der Waals surface area contributed by atoms with Crippen molar-refractivity contribution in [2.24, 2.45) is 17.8 Å². The Bertz CT molecular complexity index is 7230. The third-order valence-corrected chi connectivity index (χ3v) is 23.2. The van der Waals surface area contributed by atoms with Crippen molar-refractivity contribution in [2.45, 2.75) is 81.9 Å². The summed E-state index contributed by atoms with van der Waals surface area (Å²) >= 11 is 0. The first kappa shape index (κ1) is 109. The summed E-state index contributed by atoms with van der Waals surface area (Å²) in [4.78, 5) is 38.9. The van der Waals surface area contributed by atoms with Gasteiger partial charge in [0.25, 0.3) is 0 Å². The normalized spacial score (nSPS) is 10.4. The molecule has 0 spiro atoms. The number of rotatable bonds is 15. The second kappa shape index (κ2) is 56.0. The SMILES string of the molecule is Cc1ccnc(-c2[c-]cc3c(c2)c2ccccc2n3CC(C)C)c1.Cc1ccnc(-c2[c-]cc3c4ccccc4n(CC(C)C)c3c2)c1.Cc1ccnc(-c2[c-]ccc3c4ccccc4n(CC(C)C)c23)c1.[Ir+3].[Ir+3].[Ir+3].[c-]1ccccc1-c1ccccn1.[c-]1ccccc1-c1ccccn1.[c-]1ccccc1-c1ccccn1.[c-]1ccccc1-c1ccccn1.[c-]1ccccc1-c1ccccn1.[c-]1ccccc1-c1ccccn1. The van der Waals surface area contributed by atoms with Gasteiger partial charge in [-0.25, -0.2) is 0 Å². The van der Waals surface area contributed by atoms with E-state index in [1.165, 1.54) is 82.1 Å². The van der Waals surface area contributed by atoms with Gasteiger partial charge in [-0.3, -0.25) is 0 Å². The van der Waals surface area contributed by atoms with Crippen LogP contribution in [0.3, 0.4) is 0 Å². The fraction of sp³-hybridized carbons (Fsp3) is 0.114. The molecule has 726 valence electrons. The zero-order chi connectivity index (χ0) is 99.4. The van der Waals surface area contributed by atoms with Crippen LogP contribution in [0, 0.1) is 93.1 Å². The van der Waals surface area contributed by atoms with Crippen LogP contribution in [0.2, 0.25) is 0 Å². The number of fused-ring (bicyclic) bond motifs is 9. The van der Waals surface area contributed by atoms with E-state index in [-0.39, 0.29) is 60.3 Å². The molecule has 12 heterocycles. The zero-order valence-corrected chi connectivity index (χ0v) is 90.7. The van der Waals surface area contributed by atoms with E-state index in [9.17, 15) is 0 Å². The van der Waals surface area contributed by atoms with Crippen LogP contribution in [0.5, 0.6) is 0 Å². The maximum absolute atomic E-state index is 4.61. The van der Waals surface area contributed by atoms with Crippen molar-refractivity contribution < 1.29 is 60.3 Å². The molecule has 12 aromatic carbocycles. The van der Waals surface area contributed by atoms with E-state index in [0.717, 1.165) is 121 Å². The number of hydrogen-bond acceptors (Lipinski definition) is 9. The van der Waals surface area contributed by atoms with Gasteiger partial charge >= 0.3 is 60.3 Å². The van der Waals surface area contributed by atoms with Crippen LogP contribution >= 0.6 is 0 Å². The molecule has 0 aliphatic rings. The Balaban J connectivity index is 0.000000140. The summed E-state index contributed by atoms with van der Waals surface area (Å²) in [6, 6.07) is 163. The molecule has 147 heavy (non-hydrogen) atoms. The van der Waals surface area contributed by atoms with Gasteiger partial charge in [-0.2, -0.15) is 0 Å². The van der Waals surface area contributed by atoms with Crippen LogP contribution in [-0.2, 0) is 80.0 Å². The summed E-state index contributed by atoms with van der Waals surface area (Å²) < 4.78 is 7.28. The van der Waals surface area contributed by atoms with Crippen molar-refractivity contribution in [3.8, 4) is 101 Å². The second-order valence-corrected chi connectivity index (χ2v) is 35.6. The molecule has 0 atom stereocenters. The number of para-hydroxylation sites is 3. The van der Waals surface area contributed by atoms with Crippen LogP contribution in [0.4, 0.5) is 0 Å². The smallest absolute Gasteiger partial charge is 0.380 e. The molecule has 0 N–H and O–H groups in total. The molecule has 24 aromatic rings. The van der Waals surface area contributed by atoms with Gasteiger partial charge in [-0.05, 0) is 195 Å². The molecular formula is C132H111Ir3N12. The van der Waals surface area contributed by atoms with E-state index in [4.69, 9.17) is 0 Å². The number of pyridine rings is 9. The summed E-state index contributed by atoms with van der Waals surface area (Å²) in [5, 5.41) is 7.73. The first-order valence-electron chi connectivity index (χ1n) is 48.6. The zero-order valence-electron chi connectivity index (χ0n) is 83.5. The van der Waals surface area contributed by atoms with Gasteiger partial charge in [-0.1, -0.05) is 220 Å². The molecule has 12 nitrogen and oxygen atoms in total. The molecule has 0 bridgehead atoms. The van der Waals surface area contributed by atoms with Gasteiger partial charge in [0.15, 0.2) is 0 Å². The van der Waals surface area contributed by atoms with Crippen molar-refractivity contribution >= 4 is 65.4 Å². The minimum atomic E-state index is 0. The minimum Gasteiger partial charge on any atom is -0.380 e. The summed E-state index contributed by atoms with van der Waals surface area (Å²) in [6.07, 6.45) is 16.3. The first-order chi connectivity index (χ1) is 70.7. The van der Waals surface area contributed by atoms with Gasteiger partial charge in [-0.15, -0.1) is 287 Å². The largest absolute Gasteiger partial charge is 3.00 e. The molecule has 24 rings (SSSR count). The molecule has 12 aromatic heterocycles. The van der Waals surface area contributed by atoms with E-state index >= 15 is 0 Å². The van der Waals surface area contributed by atoms with Crippen LogP contribution in [0.25, 0.3) is 167 Å². The summed E-state index contributed by atoms with van der Waals surface area (Å²) in [5.74, 6) is 1.76. The Morgan fingerprint density at radius 2 is 0.476 bits per heavy atom. The number of nitrogens with zero attached hydrogens (tertiary/aromatic N) is 12. The standard InChI is InChI=1S/3C22H21N2.6C11H8N.3Ir/c1-15(2)14-24-21-10-5-4-7-17(21)18-8-6-9-19(22(18)24)20-13-16(3)11-12-23-20;1-15(2)14-24-21-7-5-4-6-18(21)19-13-17(8-9-22(19)24)20-12-16(3)10-11-23-20;1-15(2)14-24-21-7-5-4-6-18(21)19-9-8-17(13-22(19)24)20-12-16(3)10-11-23-20;6*1-2-6-10(7-3-1)11-8-4-5-9-12-11;;;/h4-8,10-13,15H,14H2,1-3H3;2*4-7,9-13,15H,14H2,1-3H3;6*1-6,8-9H;;;/q9*-1;3*+3. The van der Waals surface area contributed by atoms with E-state index in [1.807, 2.05) is 298 Å². The Labute approximate surface area is 905 Å². The number of hydrogen-bond donors (Lipinski definition) is 0. The Kier molecular flexibility index (Phi) is 41.4. The Morgan fingerprint density at radius 3 is 0.803 bits per heavy atom. The molecule has 0 saturated heterocycles. The van der Waals surface area contributed by atoms with Gasteiger partial charge in [0.2, 0.25) is 0 Å². The van der Waals surface area contributed by atoms with Crippen LogP contribution in [0.15, 0.2) is 456 Å². The van der Waals surface area contributed by atoms with Crippen LogP contribution in [-0.4, -0.2) is 58.6 Å². The van der Waals surface area contributed by atoms with Gasteiger partial charge in [0.1, 0.15) is 0 Å². The van der Waals surface area contributed by atoms with Crippen molar-refractivity contribution in [2.75, 3.05) is 0 Å². The topological polar surface area (TPSA) is 131 Å². The fourth-order valence-corrected chi connectivity index (χ4v) is 16.7. The fourth-order valence-electron chi connectivity index (χ4n) is 16.7. The van der Waals surface area contributed by atoms with E-state index < -0.39 is 0 Å². The van der Waals surface area contributed by atoms with E-state index in [1.54, 1.807) is 37.2 Å². The maximum atomic E-state index is 4.61. The van der Waals surface area contributed by atoms with Crippen molar-refractivity contribution in [3.63, 3.8) is 0 Å². The second-order valence-electron chi connectivity index (χ2n) is 35.6. The monoisotopic (exact) mass is 2440 g/mol. The number of aryl methyl sites for hydroxylation is 3. The predicted octanol–water partition coefficient (Wildman–Crippen LogP) is 32.1. The van der Waals surface area contributed by atoms with Crippen molar-refractivity contribution in [1.29, 1.82) is 0 Å². The van der Waals surface area contributed by atoms with E-state index in [2.05, 4.69) is 297 Å². The Morgan fingerprint density at radius 1 is 0.197 bits per heavy atom. The molecular weight excluding hydrogens is 2330 g/mol. The molecule has 0 saturated carbocycles. The molecule has 0 aliphatic carbocycles. The summed E-state index contributed by atoms with van der Waals surface area (Å²) in [5.41, 5.74) is 29.5. The Hall–Kier alpha value is -15.7. The molecule has 0 fully saturated rings. The third kappa shape index (κ3) is 30.0. The van der Waals surface area contributed by atoms with Crippen molar-refractivity contribution in [1.82, 2.24) is 58.6 Å². The predicted molar refractivity (Wildman–Crippen MR) is 594 cm³/mol. The summed E-state index contributed by atoms with van der Waals surface area (Å²) in [6.45, 7) is 22.9. The quantitative estimate of drug-likeness (QED) is 0.0921. The molecule has 0 amide bonds. The first-order valence-corrected chi connectivity index (χ1v) is 48.6. The molecule has 0 unspecified atom stereocenters. The number of benzene rings is 12. The maximum Gasteiger partial charge on any atom is 3.00 e. The van der Waals surface area contributed by atoms with Gasteiger partial charge < -0.3 is 58.6 Å². The van der Waals surface area contributed by atoms with Crippen LogP contribution in [0.1, 0.15) is 58.2 Å². The molecule has 0 aliphatic heterocycles. The minimum absolute atomic E-state index is 0. The van der Waals surface area contributed by atoms with Crippen LogP contribution < -0.4 is 0 Å². The van der Waals surface area contributed by atoms with E-state index in [0.29, 0.717) is 17.8 Å². The average Bonchev–Trinajstić information content (AvgIpc) is 1.60. The molecule has 0 radical (unpaired) electrons. The average molecular weight is 2440 g/mol.